The molecule has 6 nitrogen and oxygen atoms in total. The van der Waals surface area contributed by atoms with Crippen LogP contribution in [0.5, 0.6) is 0 Å². The topological polar surface area (TPSA) is 84.5 Å². The molecule has 3 aromatic rings. The van der Waals surface area contributed by atoms with E-state index in [2.05, 4.69) is 5.32 Å². The zero-order valence-electron chi connectivity index (χ0n) is 13.2. The average Bonchev–Trinajstić information content (AvgIpc) is 3.00. The number of para-hydroxylation sites is 1. The lowest BCUT2D eigenvalue weighted by atomic mass is 10.1. The van der Waals surface area contributed by atoms with Gasteiger partial charge in [0.1, 0.15) is 11.1 Å². The number of aryl methyl sites for hydroxylation is 1. The van der Waals surface area contributed by atoms with Crippen LogP contribution in [0.25, 0.3) is 11.0 Å². The summed E-state index contributed by atoms with van der Waals surface area (Å²) in [4.78, 5) is 24.1. The summed E-state index contributed by atoms with van der Waals surface area (Å²) in [5.41, 5.74) is 0.504. The molecule has 1 atom stereocenters. The molecule has 0 radical (unpaired) electrons. The standard InChI is InChI=1S/C18H18N2O4/c1-20-10-4-6-14(20)15(21)8-9-19-17(22)13-11-12-5-2-3-7-16(12)24-18(13)23/h2-7,10-11,15,21H,8-9H2,1H3,(H,19,22)/t15-/m1/s1. The van der Waals surface area contributed by atoms with Gasteiger partial charge in [0.05, 0.1) is 6.10 Å². The summed E-state index contributed by atoms with van der Waals surface area (Å²) >= 11 is 0. The Balaban J connectivity index is 1.66. The van der Waals surface area contributed by atoms with Crippen LogP contribution in [0.1, 0.15) is 28.6 Å². The summed E-state index contributed by atoms with van der Waals surface area (Å²) in [6.45, 7) is 0.247. The van der Waals surface area contributed by atoms with Gasteiger partial charge in [0.2, 0.25) is 0 Å². The van der Waals surface area contributed by atoms with Crippen molar-refractivity contribution in [3.8, 4) is 0 Å². The summed E-state index contributed by atoms with van der Waals surface area (Å²) in [5.74, 6) is -0.506. The van der Waals surface area contributed by atoms with Gasteiger partial charge in [-0.25, -0.2) is 4.79 Å². The molecular formula is C18H18N2O4. The third kappa shape index (κ3) is 3.23. The van der Waals surface area contributed by atoms with Crippen LogP contribution in [-0.2, 0) is 7.05 Å². The molecule has 1 amide bonds. The minimum absolute atomic E-state index is 0.0398. The Kier molecular flexibility index (Phi) is 4.48. The fourth-order valence-corrected chi connectivity index (χ4v) is 2.61. The fraction of sp³-hybridized carbons (Fsp3) is 0.222. The molecule has 1 aromatic carbocycles. The van der Waals surface area contributed by atoms with E-state index in [-0.39, 0.29) is 12.1 Å². The maximum Gasteiger partial charge on any atom is 0.349 e. The highest BCUT2D eigenvalue weighted by molar-refractivity contribution is 5.96. The van der Waals surface area contributed by atoms with Gasteiger partial charge >= 0.3 is 5.63 Å². The van der Waals surface area contributed by atoms with E-state index in [9.17, 15) is 14.7 Å². The highest BCUT2D eigenvalue weighted by atomic mass is 16.4. The van der Waals surface area contributed by atoms with Gasteiger partial charge in [-0.1, -0.05) is 18.2 Å². The molecule has 2 N–H and O–H groups in total. The van der Waals surface area contributed by atoms with Crippen molar-refractivity contribution >= 4 is 16.9 Å². The first-order valence-corrected chi connectivity index (χ1v) is 7.66. The lowest BCUT2D eigenvalue weighted by Crippen LogP contribution is -2.29. The summed E-state index contributed by atoms with van der Waals surface area (Å²) < 4.78 is 6.97. The molecule has 0 spiro atoms. The number of fused-ring (bicyclic) bond motifs is 1. The third-order valence-corrected chi connectivity index (χ3v) is 3.91. The second kappa shape index (κ2) is 6.72. The predicted octanol–water partition coefficient (Wildman–Crippen LogP) is 1.98. The van der Waals surface area contributed by atoms with E-state index in [1.54, 1.807) is 24.3 Å². The van der Waals surface area contributed by atoms with E-state index in [1.807, 2.05) is 29.9 Å². The zero-order valence-corrected chi connectivity index (χ0v) is 13.2. The van der Waals surface area contributed by atoms with Gasteiger partial charge in [0.15, 0.2) is 0 Å². The van der Waals surface area contributed by atoms with Crippen molar-refractivity contribution in [1.82, 2.24) is 9.88 Å². The molecule has 6 heteroatoms. The molecule has 0 unspecified atom stereocenters. The summed E-state index contributed by atoms with van der Waals surface area (Å²) in [5, 5.41) is 13.5. The molecule has 0 aliphatic rings. The Bertz CT molecular complexity index is 926. The van der Waals surface area contributed by atoms with Crippen molar-refractivity contribution < 1.29 is 14.3 Å². The largest absolute Gasteiger partial charge is 0.422 e. The molecular weight excluding hydrogens is 308 g/mol. The quantitative estimate of drug-likeness (QED) is 0.702. The third-order valence-electron chi connectivity index (χ3n) is 3.91. The Morgan fingerprint density at radius 2 is 2.08 bits per heavy atom. The lowest BCUT2D eigenvalue weighted by Gasteiger charge is -2.12. The van der Waals surface area contributed by atoms with E-state index in [0.717, 1.165) is 5.69 Å². The molecule has 124 valence electrons. The minimum Gasteiger partial charge on any atom is -0.422 e. The monoisotopic (exact) mass is 326 g/mol. The van der Waals surface area contributed by atoms with E-state index in [4.69, 9.17) is 4.42 Å². The van der Waals surface area contributed by atoms with Crippen molar-refractivity contribution in [2.24, 2.45) is 7.05 Å². The van der Waals surface area contributed by atoms with Gasteiger partial charge in [0.25, 0.3) is 5.91 Å². The molecule has 3 rings (SSSR count). The molecule has 0 saturated heterocycles. The average molecular weight is 326 g/mol. The highest BCUT2D eigenvalue weighted by Crippen LogP contribution is 2.16. The van der Waals surface area contributed by atoms with Crippen LogP contribution < -0.4 is 10.9 Å². The van der Waals surface area contributed by atoms with Crippen LogP contribution in [0.3, 0.4) is 0 Å². The Morgan fingerprint density at radius 1 is 1.29 bits per heavy atom. The number of carbonyl (C=O) groups excluding carboxylic acids is 1. The van der Waals surface area contributed by atoms with Crippen LogP contribution in [-0.4, -0.2) is 22.1 Å². The Morgan fingerprint density at radius 3 is 2.83 bits per heavy atom. The molecule has 0 saturated carbocycles. The number of benzene rings is 1. The first kappa shape index (κ1) is 16.0. The van der Waals surface area contributed by atoms with Gasteiger partial charge < -0.3 is 19.4 Å². The zero-order chi connectivity index (χ0) is 17.1. The maximum absolute atomic E-state index is 12.2. The summed E-state index contributed by atoms with van der Waals surface area (Å²) in [7, 11) is 1.84. The number of hydrogen-bond donors (Lipinski definition) is 2. The number of nitrogens with one attached hydrogen (secondary N) is 1. The first-order valence-electron chi connectivity index (χ1n) is 7.66. The molecule has 0 bridgehead atoms. The number of nitrogens with zero attached hydrogens (tertiary/aromatic N) is 1. The van der Waals surface area contributed by atoms with Crippen molar-refractivity contribution in [3.63, 3.8) is 0 Å². The molecule has 0 aliphatic heterocycles. The number of aliphatic hydroxyl groups excluding tert-OH is 1. The minimum atomic E-state index is -0.682. The van der Waals surface area contributed by atoms with E-state index in [0.29, 0.717) is 17.4 Å². The molecule has 24 heavy (non-hydrogen) atoms. The van der Waals surface area contributed by atoms with Crippen molar-refractivity contribution in [2.45, 2.75) is 12.5 Å². The maximum atomic E-state index is 12.2. The van der Waals surface area contributed by atoms with Crippen LogP contribution in [0, 0.1) is 0 Å². The van der Waals surface area contributed by atoms with Crippen LogP contribution in [0.4, 0.5) is 0 Å². The number of carbonyl (C=O) groups is 1. The smallest absolute Gasteiger partial charge is 0.349 e. The number of aliphatic hydroxyl groups is 1. The van der Waals surface area contributed by atoms with Crippen LogP contribution in [0.2, 0.25) is 0 Å². The Labute approximate surface area is 138 Å². The number of amides is 1. The summed E-state index contributed by atoms with van der Waals surface area (Å²) in [6, 6.07) is 12.2. The first-order chi connectivity index (χ1) is 11.6. The second-order valence-corrected chi connectivity index (χ2v) is 5.59. The van der Waals surface area contributed by atoms with E-state index < -0.39 is 17.6 Å². The highest BCUT2D eigenvalue weighted by Gasteiger charge is 2.15. The SMILES string of the molecule is Cn1cccc1[C@H](O)CCNC(=O)c1cc2ccccc2oc1=O. The number of rotatable bonds is 5. The summed E-state index contributed by atoms with van der Waals surface area (Å²) in [6.07, 6.45) is 1.51. The molecule has 2 heterocycles. The van der Waals surface area contributed by atoms with Crippen molar-refractivity contribution in [3.05, 3.63) is 70.3 Å². The molecule has 0 fully saturated rings. The second-order valence-electron chi connectivity index (χ2n) is 5.59. The van der Waals surface area contributed by atoms with Crippen LogP contribution >= 0.6 is 0 Å². The van der Waals surface area contributed by atoms with Gasteiger partial charge in [0, 0.05) is 30.9 Å². The van der Waals surface area contributed by atoms with E-state index >= 15 is 0 Å². The van der Waals surface area contributed by atoms with Gasteiger partial charge in [-0.15, -0.1) is 0 Å². The molecule has 2 aromatic heterocycles. The lowest BCUT2D eigenvalue weighted by molar-refractivity contribution is 0.0938. The predicted molar refractivity (Wildman–Crippen MR) is 89.8 cm³/mol. The Hall–Kier alpha value is -2.86. The number of aromatic nitrogens is 1. The van der Waals surface area contributed by atoms with Crippen molar-refractivity contribution in [1.29, 1.82) is 0 Å². The van der Waals surface area contributed by atoms with E-state index in [1.165, 1.54) is 6.07 Å². The number of hydrogen-bond acceptors (Lipinski definition) is 4. The fourth-order valence-electron chi connectivity index (χ4n) is 2.61. The molecule has 0 aliphatic carbocycles. The van der Waals surface area contributed by atoms with Crippen molar-refractivity contribution in [2.75, 3.05) is 6.54 Å². The van der Waals surface area contributed by atoms with Gasteiger partial charge in [-0.2, -0.15) is 0 Å². The normalized spacial score (nSPS) is 12.2. The van der Waals surface area contributed by atoms with Gasteiger partial charge in [-0.3, -0.25) is 4.79 Å². The van der Waals surface area contributed by atoms with Gasteiger partial charge in [-0.05, 0) is 30.7 Å². The van der Waals surface area contributed by atoms with Crippen LogP contribution in [0.15, 0.2) is 57.9 Å².